The third kappa shape index (κ3) is 5.70. The molecule has 5 heteroatoms. The molecule has 0 aromatic heterocycles. The largest absolute Gasteiger partial charge is 0.344 e. The maximum absolute atomic E-state index is 13.1. The van der Waals surface area contributed by atoms with Crippen LogP contribution in [0.1, 0.15) is 66.2 Å². The molecular formula is C21H39N3O2. The van der Waals surface area contributed by atoms with Gasteiger partial charge in [-0.25, -0.2) is 0 Å². The van der Waals surface area contributed by atoms with Crippen LogP contribution in [0, 0.1) is 11.3 Å². The molecule has 1 heterocycles. The first-order valence-electron chi connectivity index (χ1n) is 10.5. The van der Waals surface area contributed by atoms with Crippen LogP contribution < -0.4 is 0 Å². The Balaban J connectivity index is 1.99. The van der Waals surface area contributed by atoms with E-state index in [0.717, 1.165) is 39.1 Å². The maximum atomic E-state index is 13.1. The van der Waals surface area contributed by atoms with E-state index in [4.69, 9.17) is 0 Å². The Labute approximate surface area is 160 Å². The Hall–Kier alpha value is -1.10. The normalized spacial score (nSPS) is 21.0. The zero-order chi connectivity index (χ0) is 19.3. The first-order valence-corrected chi connectivity index (χ1v) is 10.5. The predicted octanol–water partition coefficient (Wildman–Crippen LogP) is 2.99. The lowest BCUT2D eigenvalue weighted by molar-refractivity contribution is -0.141. The van der Waals surface area contributed by atoms with E-state index < -0.39 is 0 Å². The zero-order valence-corrected chi connectivity index (χ0v) is 17.6. The van der Waals surface area contributed by atoms with Crippen molar-refractivity contribution in [2.24, 2.45) is 11.3 Å². The lowest BCUT2D eigenvalue weighted by Crippen LogP contribution is -2.58. The molecule has 0 unspecified atom stereocenters. The Morgan fingerprint density at radius 1 is 1.08 bits per heavy atom. The quantitative estimate of drug-likeness (QED) is 0.727. The summed E-state index contributed by atoms with van der Waals surface area (Å²) in [4.78, 5) is 31.9. The number of piperazine rings is 1. The second-order valence-corrected chi connectivity index (χ2v) is 9.40. The van der Waals surface area contributed by atoms with Crippen molar-refractivity contribution in [1.82, 2.24) is 14.7 Å². The number of carbonyl (C=O) groups is 2. The number of rotatable bonds is 6. The first-order chi connectivity index (χ1) is 12.2. The summed E-state index contributed by atoms with van der Waals surface area (Å²) >= 11 is 0. The van der Waals surface area contributed by atoms with Gasteiger partial charge in [-0.1, -0.05) is 40.5 Å². The number of nitrogens with zero attached hydrogens (tertiary/aromatic N) is 3. The lowest BCUT2D eigenvalue weighted by atomic mass is 9.91. The molecule has 0 radical (unpaired) electrons. The van der Waals surface area contributed by atoms with Gasteiger partial charge in [0, 0.05) is 46.2 Å². The molecular weight excluding hydrogens is 326 g/mol. The summed E-state index contributed by atoms with van der Waals surface area (Å²) in [7, 11) is 1.94. The van der Waals surface area contributed by atoms with Gasteiger partial charge in [0.25, 0.3) is 0 Å². The van der Waals surface area contributed by atoms with Crippen LogP contribution in [0.5, 0.6) is 0 Å². The molecule has 1 aliphatic carbocycles. The van der Waals surface area contributed by atoms with E-state index >= 15 is 0 Å². The number of likely N-dealkylation sites (N-methyl/N-ethyl adjacent to an activating group) is 1. The summed E-state index contributed by atoms with van der Waals surface area (Å²) in [5.41, 5.74) is 0.0272. The smallest absolute Gasteiger partial charge is 0.239 e. The van der Waals surface area contributed by atoms with Crippen LogP contribution in [-0.4, -0.2) is 72.3 Å². The van der Waals surface area contributed by atoms with Gasteiger partial charge in [0.15, 0.2) is 0 Å². The highest BCUT2D eigenvalue weighted by Crippen LogP contribution is 2.32. The predicted molar refractivity (Wildman–Crippen MR) is 106 cm³/mol. The molecule has 26 heavy (non-hydrogen) atoms. The molecule has 2 aliphatic rings. The van der Waals surface area contributed by atoms with E-state index in [-0.39, 0.29) is 23.3 Å². The number of amides is 2. The van der Waals surface area contributed by atoms with Crippen molar-refractivity contribution in [3.63, 3.8) is 0 Å². The van der Waals surface area contributed by atoms with Gasteiger partial charge in [-0.05, 0) is 30.6 Å². The van der Waals surface area contributed by atoms with Crippen LogP contribution >= 0.6 is 0 Å². The zero-order valence-electron chi connectivity index (χ0n) is 17.6. The van der Waals surface area contributed by atoms with Crippen LogP contribution in [0.25, 0.3) is 0 Å². The fourth-order valence-corrected chi connectivity index (χ4v) is 4.42. The van der Waals surface area contributed by atoms with E-state index in [9.17, 15) is 9.59 Å². The van der Waals surface area contributed by atoms with Crippen molar-refractivity contribution >= 4 is 11.8 Å². The highest BCUT2D eigenvalue weighted by Gasteiger charge is 2.38. The maximum Gasteiger partial charge on any atom is 0.239 e. The Kier molecular flexibility index (Phi) is 7.51. The molecule has 150 valence electrons. The standard InChI is InChI=1S/C21H39N3O2/c1-6-11-22(5)20(26)19(17-9-7-8-10-17)24-14-12-23(13-15-24)18(25)16-21(2,3)4/h17,19H,6-16H2,1-5H3/t19-/m0/s1. The number of hydrogen-bond donors (Lipinski definition) is 0. The van der Waals surface area contributed by atoms with Crippen molar-refractivity contribution in [3.8, 4) is 0 Å². The molecule has 1 saturated carbocycles. The van der Waals surface area contributed by atoms with Crippen LogP contribution in [-0.2, 0) is 9.59 Å². The molecule has 0 aromatic rings. The summed E-state index contributed by atoms with van der Waals surface area (Å²) in [5, 5.41) is 0. The van der Waals surface area contributed by atoms with Gasteiger partial charge in [-0.15, -0.1) is 0 Å². The molecule has 0 bridgehead atoms. The summed E-state index contributed by atoms with van der Waals surface area (Å²) in [5.74, 6) is 1.02. The van der Waals surface area contributed by atoms with Crippen molar-refractivity contribution in [2.75, 3.05) is 39.8 Å². The van der Waals surface area contributed by atoms with E-state index in [1.807, 2.05) is 16.8 Å². The molecule has 0 N–H and O–H groups in total. The highest BCUT2D eigenvalue weighted by atomic mass is 16.2. The minimum atomic E-state index is 0.00826. The van der Waals surface area contributed by atoms with Crippen molar-refractivity contribution in [3.05, 3.63) is 0 Å². The van der Waals surface area contributed by atoms with Gasteiger partial charge in [-0.3, -0.25) is 14.5 Å². The fourth-order valence-electron chi connectivity index (χ4n) is 4.42. The third-order valence-corrected chi connectivity index (χ3v) is 5.78. The first kappa shape index (κ1) is 21.2. The molecule has 5 nitrogen and oxygen atoms in total. The molecule has 1 aliphatic heterocycles. The lowest BCUT2D eigenvalue weighted by Gasteiger charge is -2.42. The van der Waals surface area contributed by atoms with Gasteiger partial charge >= 0.3 is 0 Å². The fraction of sp³-hybridized carbons (Fsp3) is 0.905. The van der Waals surface area contributed by atoms with E-state index in [0.29, 0.717) is 12.3 Å². The average Bonchev–Trinajstić information content (AvgIpc) is 3.08. The molecule has 2 fully saturated rings. The van der Waals surface area contributed by atoms with Gasteiger partial charge in [-0.2, -0.15) is 0 Å². The van der Waals surface area contributed by atoms with Crippen molar-refractivity contribution in [2.45, 2.75) is 72.3 Å². The molecule has 0 spiro atoms. The second-order valence-electron chi connectivity index (χ2n) is 9.40. The minimum absolute atomic E-state index is 0.00826. The second kappa shape index (κ2) is 9.20. The van der Waals surface area contributed by atoms with Crippen LogP contribution in [0.15, 0.2) is 0 Å². The van der Waals surface area contributed by atoms with E-state index in [2.05, 4.69) is 32.6 Å². The van der Waals surface area contributed by atoms with Crippen LogP contribution in [0.2, 0.25) is 0 Å². The Morgan fingerprint density at radius 2 is 1.65 bits per heavy atom. The van der Waals surface area contributed by atoms with E-state index in [1.165, 1.54) is 25.7 Å². The summed E-state index contributed by atoms with van der Waals surface area (Å²) < 4.78 is 0. The molecule has 0 aromatic carbocycles. The van der Waals surface area contributed by atoms with Gasteiger partial charge in [0.1, 0.15) is 0 Å². The summed E-state index contributed by atoms with van der Waals surface area (Å²) in [6.45, 7) is 12.4. The Morgan fingerprint density at radius 3 is 2.15 bits per heavy atom. The number of carbonyl (C=O) groups excluding carboxylic acids is 2. The highest BCUT2D eigenvalue weighted by molar-refractivity contribution is 5.82. The van der Waals surface area contributed by atoms with E-state index in [1.54, 1.807) is 0 Å². The van der Waals surface area contributed by atoms with Gasteiger partial charge in [0.05, 0.1) is 6.04 Å². The molecule has 2 rings (SSSR count). The summed E-state index contributed by atoms with van der Waals surface area (Å²) in [6, 6.07) is 0.00826. The monoisotopic (exact) mass is 365 g/mol. The molecule has 2 amide bonds. The van der Waals surface area contributed by atoms with Crippen LogP contribution in [0.4, 0.5) is 0 Å². The summed E-state index contributed by atoms with van der Waals surface area (Å²) in [6.07, 6.45) is 6.41. The van der Waals surface area contributed by atoms with Crippen LogP contribution in [0.3, 0.4) is 0 Å². The van der Waals surface area contributed by atoms with Crippen molar-refractivity contribution < 1.29 is 9.59 Å². The SMILES string of the molecule is CCCN(C)C(=O)[C@H](C1CCCC1)N1CCN(C(=O)CC(C)(C)C)CC1. The minimum Gasteiger partial charge on any atom is -0.344 e. The van der Waals surface area contributed by atoms with Gasteiger partial charge < -0.3 is 9.80 Å². The van der Waals surface area contributed by atoms with Gasteiger partial charge in [0.2, 0.25) is 11.8 Å². The Bertz CT molecular complexity index is 472. The van der Waals surface area contributed by atoms with Crippen molar-refractivity contribution in [1.29, 1.82) is 0 Å². The average molecular weight is 366 g/mol. The third-order valence-electron chi connectivity index (χ3n) is 5.78. The number of hydrogen-bond acceptors (Lipinski definition) is 3. The molecule has 1 atom stereocenters. The topological polar surface area (TPSA) is 43.9 Å². The molecule has 1 saturated heterocycles.